The summed E-state index contributed by atoms with van der Waals surface area (Å²) in [4.78, 5) is 5.24. The largest absolute Gasteiger partial charge is 0.325 e. The minimum absolute atomic E-state index is 0.509. The van der Waals surface area contributed by atoms with Crippen molar-refractivity contribution in [2.24, 2.45) is 5.73 Å². The third-order valence-electron chi connectivity index (χ3n) is 1.42. The molecule has 62 valence electrons. The number of hydrogen-bond donors (Lipinski definition) is 1. The smallest absolute Gasteiger partial charge is 0.107 e. The zero-order chi connectivity index (χ0) is 8.39. The second-order valence-corrected chi connectivity index (χ2v) is 3.99. The monoisotopic (exact) mass is 197 g/mol. The van der Waals surface area contributed by atoms with Gasteiger partial charge in [0.25, 0.3) is 0 Å². The average molecular weight is 197 g/mol. The highest BCUT2D eigenvalue weighted by atomic mass is 32.1. The first-order chi connectivity index (χ1) is 5.90. The van der Waals surface area contributed by atoms with Crippen molar-refractivity contribution in [3.63, 3.8) is 0 Å². The normalized spacial score (nSPS) is 10.4. The minimum atomic E-state index is 0.509. The van der Waals surface area contributed by atoms with E-state index in [9.17, 15) is 0 Å². The van der Waals surface area contributed by atoms with Crippen molar-refractivity contribution >= 4 is 22.9 Å². The first-order valence-electron chi connectivity index (χ1n) is 3.45. The molecule has 0 radical (unpaired) electrons. The summed E-state index contributed by atoms with van der Waals surface area (Å²) < 4.78 is 4.21. The fourth-order valence-corrected chi connectivity index (χ4v) is 2.21. The Morgan fingerprint density at radius 1 is 1.50 bits per heavy atom. The Morgan fingerprint density at radius 2 is 2.42 bits per heavy atom. The van der Waals surface area contributed by atoms with Crippen LogP contribution in [0.5, 0.6) is 0 Å². The third kappa shape index (κ3) is 1.38. The lowest BCUT2D eigenvalue weighted by molar-refractivity contribution is 1.04. The standard InChI is InChI=1S/C7H7N3S2/c8-3-7-9-4-6(12-7)5-1-2-11-10-5/h1-2,4H,3,8H2. The second kappa shape index (κ2) is 3.30. The summed E-state index contributed by atoms with van der Waals surface area (Å²) in [5.41, 5.74) is 6.44. The van der Waals surface area contributed by atoms with Gasteiger partial charge in [0.2, 0.25) is 0 Å². The topological polar surface area (TPSA) is 51.8 Å². The predicted molar refractivity (Wildman–Crippen MR) is 51.1 cm³/mol. The molecule has 0 aliphatic rings. The Morgan fingerprint density at radius 3 is 3.00 bits per heavy atom. The first kappa shape index (κ1) is 7.85. The summed E-state index contributed by atoms with van der Waals surface area (Å²) in [7, 11) is 0. The molecule has 0 amide bonds. The van der Waals surface area contributed by atoms with Crippen LogP contribution in [0.15, 0.2) is 17.6 Å². The van der Waals surface area contributed by atoms with Crippen LogP contribution >= 0.6 is 22.9 Å². The molecule has 3 nitrogen and oxygen atoms in total. The van der Waals surface area contributed by atoms with E-state index < -0.39 is 0 Å². The third-order valence-corrected chi connectivity index (χ3v) is 3.02. The lowest BCUT2D eigenvalue weighted by atomic mass is 10.4. The Hall–Kier alpha value is -0.780. The van der Waals surface area contributed by atoms with E-state index in [0.29, 0.717) is 6.54 Å². The molecule has 0 saturated carbocycles. The highest BCUT2D eigenvalue weighted by molar-refractivity contribution is 7.15. The molecule has 0 atom stereocenters. The highest BCUT2D eigenvalue weighted by Gasteiger charge is 2.03. The van der Waals surface area contributed by atoms with E-state index in [0.717, 1.165) is 15.6 Å². The molecule has 2 N–H and O–H groups in total. The van der Waals surface area contributed by atoms with Gasteiger partial charge in [-0.05, 0) is 17.6 Å². The van der Waals surface area contributed by atoms with Crippen molar-refractivity contribution in [3.05, 3.63) is 22.7 Å². The average Bonchev–Trinajstić information content (AvgIpc) is 2.75. The Bertz CT molecular complexity index is 352. The van der Waals surface area contributed by atoms with Crippen molar-refractivity contribution < 1.29 is 0 Å². The van der Waals surface area contributed by atoms with Gasteiger partial charge >= 0.3 is 0 Å². The Kier molecular flexibility index (Phi) is 2.16. The molecule has 0 aliphatic heterocycles. The van der Waals surface area contributed by atoms with Crippen LogP contribution in [0.4, 0.5) is 0 Å². The minimum Gasteiger partial charge on any atom is -0.325 e. The molecular weight excluding hydrogens is 190 g/mol. The summed E-state index contributed by atoms with van der Waals surface area (Å²) in [6.45, 7) is 0.509. The van der Waals surface area contributed by atoms with Crippen LogP contribution in [0.2, 0.25) is 0 Å². The number of nitrogens with zero attached hydrogens (tertiary/aromatic N) is 2. The molecule has 0 saturated heterocycles. The molecule has 0 spiro atoms. The van der Waals surface area contributed by atoms with Gasteiger partial charge in [0.15, 0.2) is 0 Å². The van der Waals surface area contributed by atoms with Gasteiger partial charge in [0.05, 0.1) is 10.6 Å². The maximum Gasteiger partial charge on any atom is 0.107 e. The molecular formula is C7H7N3S2. The fraction of sp³-hybridized carbons (Fsp3) is 0.143. The van der Waals surface area contributed by atoms with Gasteiger partial charge in [-0.2, -0.15) is 4.37 Å². The van der Waals surface area contributed by atoms with E-state index in [1.54, 1.807) is 11.3 Å². The van der Waals surface area contributed by atoms with Crippen LogP contribution in [0.25, 0.3) is 10.6 Å². The zero-order valence-electron chi connectivity index (χ0n) is 6.23. The SMILES string of the molecule is NCc1ncc(-c2ccsn2)s1. The van der Waals surface area contributed by atoms with Gasteiger partial charge in [-0.25, -0.2) is 4.98 Å². The number of nitrogens with two attached hydrogens (primary N) is 1. The molecule has 5 heteroatoms. The van der Waals surface area contributed by atoms with Gasteiger partial charge in [-0.3, -0.25) is 0 Å². The summed E-state index contributed by atoms with van der Waals surface area (Å²) in [6, 6.07) is 1.98. The van der Waals surface area contributed by atoms with Gasteiger partial charge in [-0.15, -0.1) is 11.3 Å². The molecule has 2 heterocycles. The van der Waals surface area contributed by atoms with Crippen LogP contribution < -0.4 is 5.73 Å². The number of thiazole rings is 1. The number of rotatable bonds is 2. The summed E-state index contributed by atoms with van der Waals surface area (Å²) >= 11 is 3.05. The van der Waals surface area contributed by atoms with E-state index in [4.69, 9.17) is 5.73 Å². The maximum absolute atomic E-state index is 5.45. The van der Waals surface area contributed by atoms with Gasteiger partial charge in [0, 0.05) is 18.1 Å². The summed E-state index contributed by atoms with van der Waals surface area (Å²) in [5, 5.41) is 2.91. The Labute approximate surface area is 78.1 Å². The molecule has 0 aliphatic carbocycles. The molecule has 2 rings (SSSR count). The molecule has 0 aromatic carbocycles. The van der Waals surface area contributed by atoms with Crippen molar-refractivity contribution in [1.82, 2.24) is 9.36 Å². The fourth-order valence-electron chi connectivity index (χ4n) is 0.863. The van der Waals surface area contributed by atoms with Crippen LogP contribution in [0.3, 0.4) is 0 Å². The van der Waals surface area contributed by atoms with Crippen molar-refractivity contribution in [2.75, 3.05) is 0 Å². The van der Waals surface area contributed by atoms with Crippen LogP contribution in [-0.4, -0.2) is 9.36 Å². The van der Waals surface area contributed by atoms with Crippen LogP contribution in [0, 0.1) is 0 Å². The van der Waals surface area contributed by atoms with Crippen molar-refractivity contribution in [1.29, 1.82) is 0 Å². The molecule has 2 aromatic rings. The molecule has 0 unspecified atom stereocenters. The van der Waals surface area contributed by atoms with Gasteiger partial charge < -0.3 is 5.73 Å². The molecule has 0 fully saturated rings. The quantitative estimate of drug-likeness (QED) is 0.797. The second-order valence-electron chi connectivity index (χ2n) is 2.21. The Balaban J connectivity index is 2.35. The molecule has 2 aromatic heterocycles. The van der Waals surface area contributed by atoms with E-state index in [1.807, 2.05) is 17.6 Å². The lowest BCUT2D eigenvalue weighted by Crippen LogP contribution is -1.93. The van der Waals surface area contributed by atoms with Crippen LogP contribution in [-0.2, 0) is 6.54 Å². The van der Waals surface area contributed by atoms with Crippen molar-refractivity contribution in [2.45, 2.75) is 6.54 Å². The zero-order valence-corrected chi connectivity index (χ0v) is 7.86. The lowest BCUT2D eigenvalue weighted by Gasteiger charge is -1.84. The van der Waals surface area contributed by atoms with Crippen molar-refractivity contribution in [3.8, 4) is 10.6 Å². The number of hydrogen-bond acceptors (Lipinski definition) is 5. The van der Waals surface area contributed by atoms with Gasteiger partial charge in [-0.1, -0.05) is 0 Å². The molecule has 0 bridgehead atoms. The van der Waals surface area contributed by atoms with E-state index in [1.165, 1.54) is 11.5 Å². The van der Waals surface area contributed by atoms with Crippen LogP contribution in [0.1, 0.15) is 5.01 Å². The van der Waals surface area contributed by atoms with E-state index in [2.05, 4.69) is 9.36 Å². The predicted octanol–water partition coefficient (Wildman–Crippen LogP) is 1.73. The molecule has 12 heavy (non-hydrogen) atoms. The number of aromatic nitrogens is 2. The highest BCUT2D eigenvalue weighted by Crippen LogP contribution is 2.24. The van der Waals surface area contributed by atoms with E-state index in [-0.39, 0.29) is 0 Å². The summed E-state index contributed by atoms with van der Waals surface area (Å²) in [5.74, 6) is 0. The van der Waals surface area contributed by atoms with E-state index >= 15 is 0 Å². The maximum atomic E-state index is 5.45. The first-order valence-corrected chi connectivity index (χ1v) is 5.11. The summed E-state index contributed by atoms with van der Waals surface area (Å²) in [6.07, 6.45) is 1.82. The van der Waals surface area contributed by atoms with Gasteiger partial charge in [0.1, 0.15) is 5.01 Å².